The number of nitriles is 1. The van der Waals surface area contributed by atoms with E-state index in [0.717, 1.165) is 40.2 Å². The number of carbonyl (C=O) groups excluding carboxylic acids is 2. The van der Waals surface area contributed by atoms with Gasteiger partial charge >= 0.3 is 6.09 Å². The summed E-state index contributed by atoms with van der Waals surface area (Å²) in [6.45, 7) is 2.68. The number of carbonyl (C=O) groups is 2. The second kappa shape index (κ2) is 12.4. The molecular formula is C28H30N4O4S. The smallest absolute Gasteiger partial charge is 0.407 e. The van der Waals surface area contributed by atoms with E-state index in [-0.39, 0.29) is 17.7 Å². The molecule has 2 unspecified atom stereocenters. The molecule has 4 rings (SSSR count). The number of amides is 2. The topological polar surface area (TPSA) is 113 Å². The van der Waals surface area contributed by atoms with Crippen molar-refractivity contribution < 1.29 is 19.1 Å². The summed E-state index contributed by atoms with van der Waals surface area (Å²) in [7, 11) is 1.62. The van der Waals surface area contributed by atoms with Crippen molar-refractivity contribution in [1.29, 1.82) is 5.26 Å². The van der Waals surface area contributed by atoms with E-state index in [1.807, 2.05) is 43.3 Å². The first-order chi connectivity index (χ1) is 18.0. The van der Waals surface area contributed by atoms with Crippen LogP contribution in [0.5, 0.6) is 5.75 Å². The van der Waals surface area contributed by atoms with Crippen LogP contribution in [-0.4, -0.2) is 30.7 Å². The van der Waals surface area contributed by atoms with Crippen molar-refractivity contribution in [3.63, 3.8) is 0 Å². The molecule has 0 fully saturated rings. The third-order valence-corrected chi connectivity index (χ3v) is 7.69. The number of benzene rings is 1. The van der Waals surface area contributed by atoms with E-state index in [0.29, 0.717) is 36.6 Å². The normalized spacial score (nSPS) is 15.1. The molecule has 37 heavy (non-hydrogen) atoms. The van der Waals surface area contributed by atoms with Crippen LogP contribution in [0.1, 0.15) is 52.8 Å². The highest BCUT2D eigenvalue weighted by molar-refractivity contribution is 7.16. The van der Waals surface area contributed by atoms with Gasteiger partial charge in [0, 0.05) is 30.2 Å². The molecule has 2 atom stereocenters. The Morgan fingerprint density at radius 2 is 2.08 bits per heavy atom. The lowest BCUT2D eigenvalue weighted by Gasteiger charge is -2.21. The molecule has 8 nitrogen and oxygen atoms in total. The van der Waals surface area contributed by atoms with Crippen LogP contribution in [-0.2, 0) is 28.9 Å². The van der Waals surface area contributed by atoms with E-state index < -0.39 is 6.09 Å². The standard InChI is InChI=1S/C28H30N4O4S/c1-18(21-4-3-5-22(14-21)35-2)12-26(33)32-27-24(15-29)23-7-6-20(13-25(23)37-27)17-36-28(34)31-16-19-8-10-30-11-9-19/h3-5,8-11,14,18,20H,6-7,12-13,16-17H2,1-2H3,(H,31,34)(H,32,33). The van der Waals surface area contributed by atoms with Crippen LogP contribution in [0.3, 0.4) is 0 Å². The Kier molecular flexibility index (Phi) is 8.75. The number of hydrogen-bond donors (Lipinski definition) is 2. The second-order valence-electron chi connectivity index (χ2n) is 9.17. The Bertz CT molecular complexity index is 1290. The fourth-order valence-corrected chi connectivity index (χ4v) is 5.77. The molecule has 0 bridgehead atoms. The van der Waals surface area contributed by atoms with Gasteiger partial charge in [-0.25, -0.2) is 4.79 Å². The summed E-state index contributed by atoms with van der Waals surface area (Å²) in [6.07, 6.45) is 5.44. The molecule has 2 amide bonds. The number of hydrogen-bond acceptors (Lipinski definition) is 7. The minimum atomic E-state index is -0.454. The molecule has 1 aromatic carbocycles. The van der Waals surface area contributed by atoms with Crippen molar-refractivity contribution in [2.75, 3.05) is 19.0 Å². The number of rotatable bonds is 9. The molecule has 1 aliphatic carbocycles. The van der Waals surface area contributed by atoms with Gasteiger partial charge in [-0.3, -0.25) is 9.78 Å². The first-order valence-electron chi connectivity index (χ1n) is 12.2. The van der Waals surface area contributed by atoms with E-state index in [1.165, 1.54) is 11.3 Å². The Hall–Kier alpha value is -3.90. The van der Waals surface area contributed by atoms with Crippen molar-refractivity contribution in [3.8, 4) is 11.8 Å². The van der Waals surface area contributed by atoms with Gasteiger partial charge in [0.25, 0.3) is 0 Å². The largest absolute Gasteiger partial charge is 0.497 e. The maximum Gasteiger partial charge on any atom is 0.407 e. The van der Waals surface area contributed by atoms with Gasteiger partial charge in [0.15, 0.2) is 0 Å². The highest BCUT2D eigenvalue weighted by Crippen LogP contribution is 2.39. The molecule has 0 spiro atoms. The zero-order chi connectivity index (χ0) is 26.2. The Balaban J connectivity index is 1.31. The Morgan fingerprint density at radius 3 is 2.84 bits per heavy atom. The minimum absolute atomic E-state index is 0.00135. The molecule has 2 N–H and O–H groups in total. The lowest BCUT2D eigenvalue weighted by molar-refractivity contribution is -0.116. The van der Waals surface area contributed by atoms with E-state index in [2.05, 4.69) is 21.7 Å². The van der Waals surface area contributed by atoms with Crippen molar-refractivity contribution in [2.24, 2.45) is 5.92 Å². The average molecular weight is 519 g/mol. The summed E-state index contributed by atoms with van der Waals surface area (Å²) < 4.78 is 10.7. The van der Waals surface area contributed by atoms with Gasteiger partial charge in [-0.15, -0.1) is 11.3 Å². The Morgan fingerprint density at radius 1 is 1.27 bits per heavy atom. The van der Waals surface area contributed by atoms with Crippen LogP contribution in [0.4, 0.5) is 9.80 Å². The number of anilines is 1. The van der Waals surface area contributed by atoms with E-state index in [9.17, 15) is 14.9 Å². The van der Waals surface area contributed by atoms with Crippen molar-refractivity contribution >= 4 is 28.3 Å². The van der Waals surface area contributed by atoms with Crippen molar-refractivity contribution in [1.82, 2.24) is 10.3 Å². The summed E-state index contributed by atoms with van der Waals surface area (Å²) in [5, 5.41) is 16.1. The summed E-state index contributed by atoms with van der Waals surface area (Å²) in [5.74, 6) is 0.797. The maximum absolute atomic E-state index is 12.8. The van der Waals surface area contributed by atoms with Crippen LogP contribution in [0.15, 0.2) is 48.8 Å². The number of methoxy groups -OCH3 is 1. The van der Waals surface area contributed by atoms with Crippen LogP contribution >= 0.6 is 11.3 Å². The SMILES string of the molecule is COc1cccc(C(C)CC(=O)Nc2sc3c(c2C#N)CCC(COC(=O)NCc2ccncc2)C3)c1. The maximum atomic E-state index is 12.8. The number of nitrogens with one attached hydrogen (secondary N) is 2. The molecule has 1 aliphatic rings. The van der Waals surface area contributed by atoms with Gasteiger partial charge in [-0.1, -0.05) is 19.1 Å². The third kappa shape index (κ3) is 6.86. The summed E-state index contributed by atoms with van der Waals surface area (Å²) >= 11 is 1.45. The number of ether oxygens (including phenoxy) is 2. The fourth-order valence-electron chi connectivity index (χ4n) is 4.44. The Labute approximate surface area is 220 Å². The molecule has 0 saturated carbocycles. The fraction of sp³-hybridized carbons (Fsp3) is 0.357. The van der Waals surface area contributed by atoms with Crippen LogP contribution < -0.4 is 15.4 Å². The van der Waals surface area contributed by atoms with Gasteiger partial charge in [-0.2, -0.15) is 5.26 Å². The van der Waals surface area contributed by atoms with Gasteiger partial charge in [0.05, 0.1) is 19.3 Å². The third-order valence-electron chi connectivity index (χ3n) is 6.52. The van der Waals surface area contributed by atoms with E-state index >= 15 is 0 Å². The summed E-state index contributed by atoms with van der Waals surface area (Å²) in [5.41, 5.74) is 3.52. The number of nitrogens with zero attached hydrogens (tertiary/aromatic N) is 2. The van der Waals surface area contributed by atoms with Gasteiger partial charge in [0.1, 0.15) is 16.8 Å². The van der Waals surface area contributed by atoms with Crippen molar-refractivity contribution in [2.45, 2.75) is 45.1 Å². The average Bonchev–Trinajstić information content (AvgIpc) is 3.27. The predicted molar refractivity (Wildman–Crippen MR) is 142 cm³/mol. The molecule has 0 saturated heterocycles. The highest BCUT2D eigenvalue weighted by atomic mass is 32.1. The molecule has 9 heteroatoms. The molecule has 0 radical (unpaired) electrons. The number of fused-ring (bicyclic) bond motifs is 1. The molecule has 2 heterocycles. The van der Waals surface area contributed by atoms with Gasteiger partial charge < -0.3 is 20.1 Å². The number of aromatic nitrogens is 1. The quantitative estimate of drug-likeness (QED) is 0.403. The van der Waals surface area contributed by atoms with Crippen molar-refractivity contribution in [3.05, 3.63) is 75.9 Å². The number of alkyl carbamates (subject to hydrolysis) is 1. The van der Waals surface area contributed by atoms with Crippen LogP contribution in [0, 0.1) is 17.2 Å². The van der Waals surface area contributed by atoms with Gasteiger partial charge in [-0.05, 0) is 72.1 Å². The number of pyridine rings is 1. The molecule has 2 aromatic heterocycles. The monoisotopic (exact) mass is 518 g/mol. The number of thiophene rings is 1. The lowest BCUT2D eigenvalue weighted by Crippen LogP contribution is -2.27. The zero-order valence-corrected chi connectivity index (χ0v) is 21.8. The van der Waals surface area contributed by atoms with Gasteiger partial charge in [0.2, 0.25) is 5.91 Å². The van der Waals surface area contributed by atoms with Crippen LogP contribution in [0.25, 0.3) is 0 Å². The highest BCUT2D eigenvalue weighted by Gasteiger charge is 2.27. The lowest BCUT2D eigenvalue weighted by atomic mass is 9.88. The minimum Gasteiger partial charge on any atom is -0.497 e. The van der Waals surface area contributed by atoms with E-state index in [1.54, 1.807) is 19.5 Å². The molecule has 0 aliphatic heterocycles. The first kappa shape index (κ1) is 26.2. The summed E-state index contributed by atoms with van der Waals surface area (Å²) in [4.78, 5) is 30.0. The second-order valence-corrected chi connectivity index (χ2v) is 10.3. The summed E-state index contributed by atoms with van der Waals surface area (Å²) in [6, 6.07) is 13.7. The predicted octanol–water partition coefficient (Wildman–Crippen LogP) is 5.19. The molecule has 3 aromatic rings. The molecule has 192 valence electrons. The van der Waals surface area contributed by atoms with E-state index in [4.69, 9.17) is 9.47 Å². The zero-order valence-electron chi connectivity index (χ0n) is 21.0. The molecular weight excluding hydrogens is 488 g/mol. The van der Waals surface area contributed by atoms with Crippen LogP contribution in [0.2, 0.25) is 0 Å². The first-order valence-corrected chi connectivity index (χ1v) is 13.1.